The lowest BCUT2D eigenvalue weighted by Crippen LogP contribution is -2.14. The summed E-state index contributed by atoms with van der Waals surface area (Å²) in [6, 6.07) is 12.8. The van der Waals surface area contributed by atoms with E-state index in [2.05, 4.69) is 5.32 Å². The summed E-state index contributed by atoms with van der Waals surface area (Å²) in [6.07, 6.45) is 0.200. The van der Waals surface area contributed by atoms with Crippen LogP contribution in [0.3, 0.4) is 0 Å². The molecule has 2 aromatic carbocycles. The molecule has 0 spiro atoms. The van der Waals surface area contributed by atoms with E-state index < -0.39 is 0 Å². The predicted octanol–water partition coefficient (Wildman–Crippen LogP) is 2.58. The molecule has 0 saturated carbocycles. The van der Waals surface area contributed by atoms with Crippen molar-refractivity contribution in [1.29, 1.82) is 0 Å². The first-order valence-electron chi connectivity index (χ1n) is 6.71. The number of nitrogens with two attached hydrogens (primary N) is 1. The number of aryl methyl sites for hydroxylation is 2. The zero-order valence-electron chi connectivity index (χ0n) is 12.1. The summed E-state index contributed by atoms with van der Waals surface area (Å²) in [5.74, 6) is -0.516. The Bertz CT molecular complexity index is 676. The smallest absolute Gasteiger partial charge is 0.255 e. The van der Waals surface area contributed by atoms with Crippen molar-refractivity contribution in [2.75, 3.05) is 5.32 Å². The van der Waals surface area contributed by atoms with Crippen molar-refractivity contribution >= 4 is 17.5 Å². The van der Waals surface area contributed by atoms with Gasteiger partial charge >= 0.3 is 0 Å². The Labute approximate surface area is 124 Å². The summed E-state index contributed by atoms with van der Waals surface area (Å²) in [5.41, 5.74) is 9.38. The number of carbonyl (C=O) groups is 2. The van der Waals surface area contributed by atoms with Crippen LogP contribution in [0.1, 0.15) is 27.0 Å². The molecule has 0 aliphatic carbocycles. The number of carbonyl (C=O) groups excluding carboxylic acids is 2. The van der Waals surface area contributed by atoms with Crippen LogP contribution in [0, 0.1) is 13.8 Å². The second-order valence-corrected chi connectivity index (χ2v) is 5.11. The van der Waals surface area contributed by atoms with Gasteiger partial charge in [-0.2, -0.15) is 0 Å². The number of primary amides is 1. The molecule has 0 heterocycles. The van der Waals surface area contributed by atoms with Crippen molar-refractivity contribution in [3.05, 3.63) is 64.7 Å². The number of hydrogen-bond acceptors (Lipinski definition) is 2. The molecular formula is C17H18N2O2. The Morgan fingerprint density at radius 3 is 2.29 bits per heavy atom. The zero-order chi connectivity index (χ0) is 15.4. The maximum absolute atomic E-state index is 12.2. The van der Waals surface area contributed by atoms with E-state index in [0.29, 0.717) is 11.3 Å². The van der Waals surface area contributed by atoms with Crippen molar-refractivity contribution < 1.29 is 9.59 Å². The SMILES string of the molecule is Cc1ccc(C(=O)Nc2ccc(CC(N)=O)cc2)c(C)c1. The number of hydrogen-bond donors (Lipinski definition) is 2. The Kier molecular flexibility index (Phi) is 4.38. The quantitative estimate of drug-likeness (QED) is 0.904. The van der Waals surface area contributed by atoms with Crippen LogP contribution >= 0.6 is 0 Å². The standard InChI is InChI=1S/C17H18N2O2/c1-11-3-8-15(12(2)9-11)17(21)19-14-6-4-13(5-7-14)10-16(18)20/h3-9H,10H2,1-2H3,(H2,18,20)(H,19,21). The number of nitrogens with one attached hydrogen (secondary N) is 1. The number of amides is 2. The first kappa shape index (κ1) is 14.8. The molecule has 0 aliphatic rings. The molecule has 108 valence electrons. The van der Waals surface area contributed by atoms with Crippen molar-refractivity contribution in [3.63, 3.8) is 0 Å². The van der Waals surface area contributed by atoms with Gasteiger partial charge in [0, 0.05) is 11.3 Å². The Morgan fingerprint density at radius 2 is 1.71 bits per heavy atom. The summed E-state index contributed by atoms with van der Waals surface area (Å²) in [6.45, 7) is 3.91. The lowest BCUT2D eigenvalue weighted by molar-refractivity contribution is -0.117. The third-order valence-electron chi connectivity index (χ3n) is 3.22. The van der Waals surface area contributed by atoms with Gasteiger partial charge in [-0.05, 0) is 43.2 Å². The van der Waals surface area contributed by atoms with Gasteiger partial charge < -0.3 is 11.1 Å². The van der Waals surface area contributed by atoms with E-state index >= 15 is 0 Å². The van der Waals surface area contributed by atoms with Crippen LogP contribution in [-0.2, 0) is 11.2 Å². The second-order valence-electron chi connectivity index (χ2n) is 5.11. The minimum atomic E-state index is -0.373. The van der Waals surface area contributed by atoms with Crippen LogP contribution in [0.4, 0.5) is 5.69 Å². The van der Waals surface area contributed by atoms with Crippen LogP contribution in [0.5, 0.6) is 0 Å². The molecule has 0 radical (unpaired) electrons. The van der Waals surface area contributed by atoms with E-state index in [1.807, 2.05) is 32.0 Å². The number of anilines is 1. The molecule has 2 aromatic rings. The maximum atomic E-state index is 12.2. The van der Waals surface area contributed by atoms with Gasteiger partial charge in [0.25, 0.3) is 5.91 Å². The number of benzene rings is 2. The molecule has 0 unspecified atom stereocenters. The highest BCUT2D eigenvalue weighted by atomic mass is 16.2. The Morgan fingerprint density at radius 1 is 1.05 bits per heavy atom. The molecule has 0 atom stereocenters. The van der Waals surface area contributed by atoms with Gasteiger partial charge in [-0.1, -0.05) is 29.8 Å². The topological polar surface area (TPSA) is 72.2 Å². The molecule has 2 amide bonds. The lowest BCUT2D eigenvalue weighted by atomic mass is 10.0. The third kappa shape index (κ3) is 3.92. The molecule has 4 heteroatoms. The highest BCUT2D eigenvalue weighted by Crippen LogP contribution is 2.15. The summed E-state index contributed by atoms with van der Waals surface area (Å²) in [5, 5.41) is 2.84. The first-order valence-corrected chi connectivity index (χ1v) is 6.71. The van der Waals surface area contributed by atoms with E-state index in [0.717, 1.165) is 16.7 Å². The molecule has 0 aromatic heterocycles. The fourth-order valence-electron chi connectivity index (χ4n) is 2.17. The minimum Gasteiger partial charge on any atom is -0.369 e. The fourth-order valence-corrected chi connectivity index (χ4v) is 2.17. The van der Waals surface area contributed by atoms with E-state index in [1.165, 1.54) is 0 Å². The molecule has 2 rings (SSSR count). The van der Waals surface area contributed by atoms with E-state index in [4.69, 9.17) is 5.73 Å². The van der Waals surface area contributed by atoms with Gasteiger partial charge in [-0.3, -0.25) is 9.59 Å². The van der Waals surface area contributed by atoms with Crippen molar-refractivity contribution in [3.8, 4) is 0 Å². The number of rotatable bonds is 4. The van der Waals surface area contributed by atoms with Crippen LogP contribution in [-0.4, -0.2) is 11.8 Å². The van der Waals surface area contributed by atoms with Crippen LogP contribution < -0.4 is 11.1 Å². The third-order valence-corrected chi connectivity index (χ3v) is 3.22. The monoisotopic (exact) mass is 282 g/mol. The van der Waals surface area contributed by atoms with Gasteiger partial charge in [0.1, 0.15) is 0 Å². The van der Waals surface area contributed by atoms with Crippen molar-refractivity contribution in [1.82, 2.24) is 0 Å². The lowest BCUT2D eigenvalue weighted by Gasteiger charge is -2.09. The van der Waals surface area contributed by atoms with Gasteiger partial charge in [0.2, 0.25) is 5.91 Å². The maximum Gasteiger partial charge on any atom is 0.255 e. The summed E-state index contributed by atoms with van der Waals surface area (Å²) < 4.78 is 0. The second kappa shape index (κ2) is 6.22. The largest absolute Gasteiger partial charge is 0.369 e. The summed E-state index contributed by atoms with van der Waals surface area (Å²) >= 11 is 0. The normalized spacial score (nSPS) is 10.2. The molecule has 3 N–H and O–H groups in total. The minimum absolute atomic E-state index is 0.143. The molecule has 0 bridgehead atoms. The van der Waals surface area contributed by atoms with Gasteiger partial charge in [-0.15, -0.1) is 0 Å². The molecule has 0 aliphatic heterocycles. The molecule has 0 fully saturated rings. The fraction of sp³-hybridized carbons (Fsp3) is 0.176. The molecular weight excluding hydrogens is 264 g/mol. The Balaban J connectivity index is 2.10. The molecule has 21 heavy (non-hydrogen) atoms. The van der Waals surface area contributed by atoms with Gasteiger partial charge in [-0.25, -0.2) is 0 Å². The highest BCUT2D eigenvalue weighted by molar-refractivity contribution is 6.05. The van der Waals surface area contributed by atoms with E-state index in [9.17, 15) is 9.59 Å². The molecule has 0 saturated heterocycles. The summed E-state index contributed by atoms with van der Waals surface area (Å²) in [4.78, 5) is 23.1. The average molecular weight is 282 g/mol. The predicted molar refractivity (Wildman–Crippen MR) is 83.2 cm³/mol. The average Bonchev–Trinajstić information content (AvgIpc) is 2.40. The van der Waals surface area contributed by atoms with Crippen molar-refractivity contribution in [2.45, 2.75) is 20.3 Å². The van der Waals surface area contributed by atoms with Crippen LogP contribution in [0.25, 0.3) is 0 Å². The first-order chi connectivity index (χ1) is 9.95. The van der Waals surface area contributed by atoms with Crippen molar-refractivity contribution in [2.24, 2.45) is 5.73 Å². The zero-order valence-corrected chi connectivity index (χ0v) is 12.1. The summed E-state index contributed by atoms with van der Waals surface area (Å²) in [7, 11) is 0. The molecule has 4 nitrogen and oxygen atoms in total. The Hall–Kier alpha value is -2.62. The highest BCUT2D eigenvalue weighted by Gasteiger charge is 2.09. The van der Waals surface area contributed by atoms with E-state index in [-0.39, 0.29) is 18.2 Å². The van der Waals surface area contributed by atoms with Gasteiger partial charge in [0.05, 0.1) is 6.42 Å². The van der Waals surface area contributed by atoms with E-state index in [1.54, 1.807) is 24.3 Å². The van der Waals surface area contributed by atoms with Gasteiger partial charge in [0.15, 0.2) is 0 Å². The van der Waals surface area contributed by atoms with Crippen LogP contribution in [0.2, 0.25) is 0 Å². The van der Waals surface area contributed by atoms with Crippen LogP contribution in [0.15, 0.2) is 42.5 Å².